The maximum absolute atomic E-state index is 6.76. The highest BCUT2D eigenvalue weighted by atomic mass is 16.5. The van der Waals surface area contributed by atoms with E-state index in [0.29, 0.717) is 17.8 Å². The Balaban J connectivity index is 2.10. The molecule has 3 aliphatic carbocycles. The second-order valence-corrected chi connectivity index (χ2v) is 13.1. The number of hydrogen-bond donors (Lipinski definition) is 0. The summed E-state index contributed by atoms with van der Waals surface area (Å²) in [4.78, 5) is 0. The molecule has 3 unspecified atom stereocenters. The molecule has 3 rings (SSSR count). The summed E-state index contributed by atoms with van der Waals surface area (Å²) >= 11 is 0. The first kappa shape index (κ1) is 30.4. The van der Waals surface area contributed by atoms with Gasteiger partial charge in [-0.3, -0.25) is 0 Å². The summed E-state index contributed by atoms with van der Waals surface area (Å²) in [5.41, 5.74) is -0.0834. The topological polar surface area (TPSA) is 36.9 Å². The van der Waals surface area contributed by atoms with Crippen molar-refractivity contribution in [1.29, 1.82) is 0 Å². The molecule has 0 saturated heterocycles. The zero-order chi connectivity index (χ0) is 26.0. The smallest absolute Gasteiger partial charge is 0.0922 e. The Morgan fingerprint density at radius 1 is 0.583 bits per heavy atom. The molecular weight excluding hydrogens is 448 g/mol. The monoisotopic (exact) mass is 508 g/mol. The predicted molar refractivity (Wildman–Crippen MR) is 149 cm³/mol. The molecule has 4 nitrogen and oxygen atoms in total. The molecule has 3 atom stereocenters. The van der Waals surface area contributed by atoms with Crippen LogP contribution in [0.3, 0.4) is 0 Å². The first-order chi connectivity index (χ1) is 17.5. The summed E-state index contributed by atoms with van der Waals surface area (Å²) < 4.78 is 25.7. The standard InChI is InChI=1S/C32H60O4/c1-25(2)31(23-33-3,22-26-16-10-7-11-17-26)29(35-5)30(36-6)32(24-34-4,27-18-12-8-13-19-27)28-20-14-9-15-21-28/h25-30H,7-24H2,1-6H3. The largest absolute Gasteiger partial charge is 0.384 e. The summed E-state index contributed by atoms with van der Waals surface area (Å²) in [6.45, 7) is 6.32. The molecule has 212 valence electrons. The average Bonchev–Trinajstić information content (AvgIpc) is 2.92. The number of methoxy groups -OCH3 is 4. The van der Waals surface area contributed by atoms with Crippen LogP contribution >= 0.6 is 0 Å². The third-order valence-corrected chi connectivity index (χ3v) is 11.0. The van der Waals surface area contributed by atoms with Crippen LogP contribution in [0.4, 0.5) is 0 Å². The van der Waals surface area contributed by atoms with Gasteiger partial charge < -0.3 is 18.9 Å². The van der Waals surface area contributed by atoms with Crippen LogP contribution in [0.1, 0.15) is 117 Å². The molecule has 0 N–H and O–H groups in total. The van der Waals surface area contributed by atoms with Gasteiger partial charge in [0.25, 0.3) is 0 Å². The van der Waals surface area contributed by atoms with Crippen molar-refractivity contribution in [1.82, 2.24) is 0 Å². The van der Waals surface area contributed by atoms with Gasteiger partial charge in [0.15, 0.2) is 0 Å². The minimum Gasteiger partial charge on any atom is -0.384 e. The molecule has 0 spiro atoms. The maximum Gasteiger partial charge on any atom is 0.0922 e. The van der Waals surface area contributed by atoms with E-state index >= 15 is 0 Å². The van der Waals surface area contributed by atoms with E-state index in [1.54, 1.807) is 0 Å². The molecule has 3 saturated carbocycles. The lowest BCUT2D eigenvalue weighted by Crippen LogP contribution is -2.63. The third-order valence-electron chi connectivity index (χ3n) is 11.0. The number of hydrogen-bond acceptors (Lipinski definition) is 4. The van der Waals surface area contributed by atoms with Crippen molar-refractivity contribution in [2.24, 2.45) is 34.5 Å². The van der Waals surface area contributed by atoms with Crippen LogP contribution in [0.25, 0.3) is 0 Å². The Kier molecular flexibility index (Phi) is 12.5. The van der Waals surface area contributed by atoms with Gasteiger partial charge in [0.05, 0.1) is 25.4 Å². The summed E-state index contributed by atoms with van der Waals surface area (Å²) in [5.74, 6) is 2.48. The van der Waals surface area contributed by atoms with Crippen LogP contribution in [0.2, 0.25) is 0 Å². The van der Waals surface area contributed by atoms with Crippen LogP contribution in [0, 0.1) is 34.5 Å². The zero-order valence-corrected chi connectivity index (χ0v) is 24.8. The minimum absolute atomic E-state index is 0.00847. The van der Waals surface area contributed by atoms with E-state index in [1.165, 1.54) is 103 Å². The molecule has 3 aliphatic rings. The Morgan fingerprint density at radius 2 is 1.03 bits per heavy atom. The molecule has 0 radical (unpaired) electrons. The van der Waals surface area contributed by atoms with Gasteiger partial charge in [-0.05, 0) is 55.8 Å². The Bertz CT molecular complexity index is 571. The zero-order valence-electron chi connectivity index (χ0n) is 24.8. The summed E-state index contributed by atoms with van der Waals surface area (Å²) in [7, 11) is 7.72. The normalized spacial score (nSPS) is 25.1. The van der Waals surface area contributed by atoms with Crippen molar-refractivity contribution in [3.8, 4) is 0 Å². The lowest BCUT2D eigenvalue weighted by molar-refractivity contribution is -0.223. The second-order valence-electron chi connectivity index (χ2n) is 13.1. The Morgan fingerprint density at radius 3 is 1.42 bits per heavy atom. The van der Waals surface area contributed by atoms with Gasteiger partial charge in [-0.2, -0.15) is 0 Å². The molecule has 0 aromatic rings. The van der Waals surface area contributed by atoms with Gasteiger partial charge in [0.1, 0.15) is 0 Å². The van der Waals surface area contributed by atoms with E-state index < -0.39 is 0 Å². The molecule has 0 bridgehead atoms. The molecule has 0 amide bonds. The van der Waals surface area contributed by atoms with Crippen molar-refractivity contribution in [2.75, 3.05) is 41.7 Å². The molecule has 0 aromatic heterocycles. The van der Waals surface area contributed by atoms with E-state index in [1.807, 2.05) is 28.4 Å². The van der Waals surface area contributed by atoms with Crippen molar-refractivity contribution in [3.05, 3.63) is 0 Å². The predicted octanol–water partition coefficient (Wildman–Crippen LogP) is 8.07. The molecule has 0 aliphatic heterocycles. The third kappa shape index (κ3) is 6.52. The quantitative estimate of drug-likeness (QED) is 0.238. The van der Waals surface area contributed by atoms with E-state index in [4.69, 9.17) is 18.9 Å². The maximum atomic E-state index is 6.76. The van der Waals surface area contributed by atoms with Crippen LogP contribution in [0.15, 0.2) is 0 Å². The average molecular weight is 509 g/mol. The van der Waals surface area contributed by atoms with Crippen molar-refractivity contribution in [2.45, 2.75) is 129 Å². The minimum atomic E-state index is -0.0749. The second kappa shape index (κ2) is 14.8. The number of rotatable bonds is 14. The summed E-state index contributed by atoms with van der Waals surface area (Å²) in [6, 6.07) is 0. The molecule has 36 heavy (non-hydrogen) atoms. The summed E-state index contributed by atoms with van der Waals surface area (Å²) in [6.07, 6.45) is 21.3. The first-order valence-corrected chi connectivity index (χ1v) is 15.5. The Labute approximate surface area is 223 Å². The van der Waals surface area contributed by atoms with Crippen LogP contribution in [-0.2, 0) is 18.9 Å². The fourth-order valence-electron chi connectivity index (χ4n) is 9.12. The van der Waals surface area contributed by atoms with E-state index in [2.05, 4.69) is 13.8 Å². The van der Waals surface area contributed by atoms with Gasteiger partial charge in [-0.1, -0.05) is 84.5 Å². The lowest BCUT2D eigenvalue weighted by Gasteiger charge is -2.58. The van der Waals surface area contributed by atoms with E-state index in [0.717, 1.165) is 19.1 Å². The van der Waals surface area contributed by atoms with Gasteiger partial charge >= 0.3 is 0 Å². The molecule has 4 heteroatoms. The Hall–Kier alpha value is -0.160. The van der Waals surface area contributed by atoms with Crippen LogP contribution < -0.4 is 0 Å². The molecular formula is C32H60O4. The van der Waals surface area contributed by atoms with E-state index in [-0.39, 0.29) is 23.0 Å². The van der Waals surface area contributed by atoms with Crippen LogP contribution in [0.5, 0.6) is 0 Å². The van der Waals surface area contributed by atoms with Gasteiger partial charge in [0.2, 0.25) is 0 Å². The molecule has 3 fully saturated rings. The van der Waals surface area contributed by atoms with Gasteiger partial charge in [-0.25, -0.2) is 0 Å². The van der Waals surface area contributed by atoms with Gasteiger partial charge in [0, 0.05) is 39.3 Å². The number of ether oxygens (including phenoxy) is 4. The fourth-order valence-corrected chi connectivity index (χ4v) is 9.12. The first-order valence-electron chi connectivity index (χ1n) is 15.5. The van der Waals surface area contributed by atoms with Crippen molar-refractivity contribution in [3.63, 3.8) is 0 Å². The highest BCUT2D eigenvalue weighted by molar-refractivity contribution is 5.07. The van der Waals surface area contributed by atoms with E-state index in [9.17, 15) is 0 Å². The highest BCUT2D eigenvalue weighted by Crippen LogP contribution is 2.56. The fraction of sp³-hybridized carbons (Fsp3) is 1.00. The lowest BCUT2D eigenvalue weighted by atomic mass is 9.52. The summed E-state index contributed by atoms with van der Waals surface area (Å²) in [5, 5.41) is 0. The SMILES string of the molecule is COCC(CC1CCCCC1)(C(C)C)C(OC)C(OC)C(COC)(C1CCCCC1)C1CCCCC1. The molecule has 0 heterocycles. The molecule has 0 aromatic carbocycles. The highest BCUT2D eigenvalue weighted by Gasteiger charge is 2.59. The van der Waals surface area contributed by atoms with Crippen molar-refractivity contribution >= 4 is 0 Å². The van der Waals surface area contributed by atoms with Crippen molar-refractivity contribution < 1.29 is 18.9 Å². The van der Waals surface area contributed by atoms with Crippen LogP contribution in [-0.4, -0.2) is 53.9 Å². The van der Waals surface area contributed by atoms with Gasteiger partial charge in [-0.15, -0.1) is 0 Å².